The molecule has 156 valence electrons. The highest BCUT2D eigenvalue weighted by molar-refractivity contribution is 7.88. The van der Waals surface area contributed by atoms with Crippen LogP contribution in [-0.4, -0.2) is 52.6 Å². The summed E-state index contributed by atoms with van der Waals surface area (Å²) in [5.41, 5.74) is 0.467. The van der Waals surface area contributed by atoms with E-state index in [9.17, 15) is 18.5 Å². The number of fused-ring (bicyclic) bond motifs is 2. The van der Waals surface area contributed by atoms with Crippen LogP contribution >= 0.6 is 0 Å². The summed E-state index contributed by atoms with van der Waals surface area (Å²) in [5, 5.41) is 13.4. The highest BCUT2D eigenvalue weighted by Gasteiger charge is 2.80. The molecule has 4 aliphatic carbocycles. The summed E-state index contributed by atoms with van der Waals surface area (Å²) in [6, 6.07) is 3.81. The van der Waals surface area contributed by atoms with E-state index < -0.39 is 10.0 Å². The van der Waals surface area contributed by atoms with Crippen LogP contribution in [0.3, 0.4) is 0 Å². The number of pyridine rings is 1. The zero-order valence-corrected chi connectivity index (χ0v) is 17.3. The van der Waals surface area contributed by atoms with Crippen molar-refractivity contribution in [3.05, 3.63) is 28.2 Å². The topological polar surface area (TPSA) is 121 Å². The molecule has 1 N–H and O–H groups in total. The Kier molecular flexibility index (Phi) is 3.66. The van der Waals surface area contributed by atoms with Crippen molar-refractivity contribution in [1.82, 2.24) is 18.8 Å². The van der Waals surface area contributed by atoms with Gasteiger partial charge in [-0.25, -0.2) is 17.7 Å². The average molecular weight is 427 g/mol. The Morgan fingerprint density at radius 3 is 2.57 bits per heavy atom. The lowest BCUT2D eigenvalue weighted by Gasteiger charge is -2.30. The highest BCUT2D eigenvalue weighted by Crippen LogP contribution is 2.84. The van der Waals surface area contributed by atoms with Gasteiger partial charge in [-0.2, -0.15) is 10.2 Å². The second-order valence-corrected chi connectivity index (χ2v) is 11.1. The van der Waals surface area contributed by atoms with Gasteiger partial charge in [-0.15, -0.1) is 0 Å². The zero-order valence-electron chi connectivity index (χ0n) is 16.5. The first-order chi connectivity index (χ1) is 14.4. The molecule has 1 aliphatic heterocycles. The first-order valence-electron chi connectivity index (χ1n) is 10.4. The number of piperidine rings is 1. The Labute approximate surface area is 173 Å². The summed E-state index contributed by atoms with van der Waals surface area (Å²) in [7, 11) is -3.17. The molecule has 0 amide bonds. The van der Waals surface area contributed by atoms with Gasteiger partial charge in [-0.3, -0.25) is 9.36 Å². The van der Waals surface area contributed by atoms with E-state index in [1.165, 1.54) is 10.6 Å². The van der Waals surface area contributed by atoms with Crippen LogP contribution in [0.1, 0.15) is 30.9 Å². The minimum atomic E-state index is -3.17. The van der Waals surface area contributed by atoms with E-state index in [1.807, 2.05) is 6.07 Å². The van der Waals surface area contributed by atoms with Gasteiger partial charge in [0.05, 0.1) is 6.26 Å². The molecule has 0 aromatic carbocycles. The number of aromatic nitrogens is 3. The van der Waals surface area contributed by atoms with Gasteiger partial charge in [0.1, 0.15) is 17.3 Å². The maximum absolute atomic E-state index is 13.0. The fourth-order valence-electron chi connectivity index (χ4n) is 5.87. The monoisotopic (exact) mass is 426 g/mol. The van der Waals surface area contributed by atoms with E-state index >= 15 is 0 Å². The maximum atomic E-state index is 13.0. The van der Waals surface area contributed by atoms with Crippen molar-refractivity contribution in [2.75, 3.05) is 24.7 Å². The number of hydrogen-bond donors (Lipinski definition) is 1. The van der Waals surface area contributed by atoms with Crippen molar-refractivity contribution < 1.29 is 8.42 Å². The van der Waals surface area contributed by atoms with Gasteiger partial charge in [0.15, 0.2) is 0 Å². The Balaban J connectivity index is 1.31. The maximum Gasteiger partial charge on any atom is 0.270 e. The molecule has 0 spiro atoms. The molecule has 2 aromatic heterocycles. The van der Waals surface area contributed by atoms with Crippen LogP contribution in [-0.2, 0) is 10.0 Å². The molecule has 30 heavy (non-hydrogen) atoms. The largest absolute Gasteiger partial charge is 0.351 e. The minimum Gasteiger partial charge on any atom is -0.351 e. The number of rotatable bonds is 4. The molecule has 5 aliphatic rings. The van der Waals surface area contributed by atoms with Crippen molar-refractivity contribution in [2.45, 2.75) is 31.3 Å². The zero-order chi connectivity index (χ0) is 20.8. The molecule has 7 rings (SSSR count). The van der Waals surface area contributed by atoms with Crippen molar-refractivity contribution in [2.24, 2.45) is 23.7 Å². The number of hydrogen-bond acceptors (Lipinski definition) is 7. The van der Waals surface area contributed by atoms with Gasteiger partial charge in [0, 0.05) is 36.8 Å². The third-order valence-corrected chi connectivity index (χ3v) is 8.78. The average Bonchev–Trinajstić information content (AvgIpc) is 3.53. The van der Waals surface area contributed by atoms with Crippen LogP contribution < -0.4 is 10.9 Å². The summed E-state index contributed by atoms with van der Waals surface area (Å²) in [6.07, 6.45) is 5.24. The minimum absolute atomic E-state index is 0.0720. The van der Waals surface area contributed by atoms with Gasteiger partial charge >= 0.3 is 0 Å². The van der Waals surface area contributed by atoms with E-state index in [1.54, 1.807) is 16.8 Å². The Morgan fingerprint density at radius 2 is 1.97 bits per heavy atom. The fourth-order valence-corrected chi connectivity index (χ4v) is 6.75. The van der Waals surface area contributed by atoms with Gasteiger partial charge in [-0.1, -0.05) is 0 Å². The smallest absolute Gasteiger partial charge is 0.270 e. The lowest BCUT2D eigenvalue weighted by Crippen LogP contribution is -2.42. The van der Waals surface area contributed by atoms with Crippen molar-refractivity contribution in [3.63, 3.8) is 0 Å². The number of anilines is 1. The predicted octanol–water partition coefficient (Wildman–Crippen LogP) is 0.936. The van der Waals surface area contributed by atoms with Gasteiger partial charge in [-0.05, 0) is 49.0 Å². The molecule has 4 saturated carbocycles. The molecular weight excluding hydrogens is 404 g/mol. The summed E-state index contributed by atoms with van der Waals surface area (Å²) < 4.78 is 26.6. The van der Waals surface area contributed by atoms with Crippen LogP contribution in [0.5, 0.6) is 0 Å². The summed E-state index contributed by atoms with van der Waals surface area (Å²) in [4.78, 5) is 22.1. The van der Waals surface area contributed by atoms with Crippen LogP contribution in [0, 0.1) is 35.0 Å². The molecule has 3 heterocycles. The SMILES string of the molecule is CS(=O)(=O)N1CCC(Nc2ncc3cc(C#N)c(=O)n(C4CC5C6C5C64)c3n2)CC1. The van der Waals surface area contributed by atoms with E-state index in [4.69, 9.17) is 0 Å². The van der Waals surface area contributed by atoms with E-state index in [0.717, 1.165) is 24.2 Å². The van der Waals surface area contributed by atoms with Crippen molar-refractivity contribution in [1.29, 1.82) is 5.26 Å². The molecule has 10 heteroatoms. The molecular formula is C20H22N6O3S. The second kappa shape index (κ2) is 6.02. The summed E-state index contributed by atoms with van der Waals surface area (Å²) in [6.45, 7) is 0.933. The molecule has 5 fully saturated rings. The van der Waals surface area contributed by atoms with Crippen molar-refractivity contribution in [3.8, 4) is 6.07 Å². The van der Waals surface area contributed by atoms with E-state index in [0.29, 0.717) is 48.8 Å². The van der Waals surface area contributed by atoms with Crippen LogP contribution in [0.15, 0.2) is 17.1 Å². The van der Waals surface area contributed by atoms with Crippen molar-refractivity contribution >= 4 is 27.0 Å². The lowest BCUT2D eigenvalue weighted by atomic mass is 10.1. The van der Waals surface area contributed by atoms with Crippen LogP contribution in [0.25, 0.3) is 11.0 Å². The predicted molar refractivity (Wildman–Crippen MR) is 109 cm³/mol. The fraction of sp³-hybridized carbons (Fsp3) is 0.600. The van der Waals surface area contributed by atoms with Crippen LogP contribution in [0.2, 0.25) is 0 Å². The van der Waals surface area contributed by atoms with E-state index in [-0.39, 0.29) is 23.2 Å². The quantitative estimate of drug-likeness (QED) is 0.772. The number of nitrogens with zero attached hydrogens (tertiary/aromatic N) is 5. The first kappa shape index (κ1) is 18.3. The third-order valence-electron chi connectivity index (χ3n) is 7.48. The molecule has 3 atom stereocenters. The first-order valence-corrected chi connectivity index (χ1v) is 12.3. The third kappa shape index (κ3) is 2.61. The highest BCUT2D eigenvalue weighted by atomic mass is 32.2. The summed E-state index contributed by atoms with van der Waals surface area (Å²) >= 11 is 0. The van der Waals surface area contributed by atoms with Crippen LogP contribution in [0.4, 0.5) is 5.95 Å². The molecule has 0 radical (unpaired) electrons. The van der Waals surface area contributed by atoms with Gasteiger partial charge in [0.2, 0.25) is 16.0 Å². The Morgan fingerprint density at radius 1 is 1.23 bits per heavy atom. The normalized spacial score (nSPS) is 32.6. The number of nitrogens with one attached hydrogen (secondary N) is 1. The summed E-state index contributed by atoms with van der Waals surface area (Å²) in [5.74, 6) is 3.32. The standard InChI is InChI=1S/C20H22N6O3S/c1-30(28,29)25-4-2-12(3-5-25)23-20-22-9-11-6-10(8-21)19(27)26(18(11)24-20)14-7-13-15-16(13)17(14)15/h6,9,12-17H,2-5,7H2,1H3,(H,22,23,24). The van der Waals surface area contributed by atoms with Gasteiger partial charge < -0.3 is 5.32 Å². The molecule has 2 bridgehead atoms. The second-order valence-electron chi connectivity index (χ2n) is 9.10. The molecule has 3 unspecified atom stereocenters. The Hall–Kier alpha value is -2.51. The number of nitriles is 1. The number of sulfonamides is 1. The lowest BCUT2D eigenvalue weighted by molar-refractivity contribution is 0.331. The Bertz CT molecular complexity index is 1260. The molecule has 9 nitrogen and oxygen atoms in total. The molecule has 2 aromatic rings. The van der Waals surface area contributed by atoms with E-state index in [2.05, 4.69) is 15.3 Å². The van der Waals surface area contributed by atoms with Gasteiger partial charge in [0.25, 0.3) is 5.56 Å². The molecule has 1 saturated heterocycles.